The number of ether oxygens (including phenoxy) is 1. The number of piperidine rings is 2. The maximum absolute atomic E-state index is 13.7. The molecule has 32 heavy (non-hydrogen) atoms. The Bertz CT molecular complexity index is 908. The highest BCUT2D eigenvalue weighted by Crippen LogP contribution is 2.30. The number of rotatable bonds is 6. The minimum atomic E-state index is -0.534. The van der Waals surface area contributed by atoms with Crippen LogP contribution in [0.1, 0.15) is 43.7 Å². The molecule has 0 aromatic heterocycles. The lowest BCUT2D eigenvalue weighted by Gasteiger charge is -2.41. The number of carbonyl (C=O) groups excluding carboxylic acids is 2. The topological polar surface area (TPSA) is 53.1 Å². The number of hydrogen-bond acceptors (Lipinski definition) is 4. The SMILES string of the molecule is COc1ccc(N2CCC(N(C)C(=O)C(c3ccccc3)N3CCCCC3=O)CC2)cc1. The van der Waals surface area contributed by atoms with E-state index in [1.165, 1.54) is 5.69 Å². The molecule has 2 aromatic rings. The first-order chi connectivity index (χ1) is 15.6. The van der Waals surface area contributed by atoms with Gasteiger partial charge in [0.2, 0.25) is 11.8 Å². The fraction of sp³-hybridized carbons (Fsp3) is 0.462. The molecule has 4 rings (SSSR count). The molecule has 6 heteroatoms. The molecule has 2 aliphatic heterocycles. The van der Waals surface area contributed by atoms with Crippen molar-refractivity contribution in [3.63, 3.8) is 0 Å². The lowest BCUT2D eigenvalue weighted by atomic mass is 9.97. The van der Waals surface area contributed by atoms with Crippen LogP contribution >= 0.6 is 0 Å². The summed E-state index contributed by atoms with van der Waals surface area (Å²) >= 11 is 0. The molecular weight excluding hydrogens is 402 g/mol. The van der Waals surface area contributed by atoms with Crippen LogP contribution < -0.4 is 9.64 Å². The van der Waals surface area contributed by atoms with E-state index in [-0.39, 0.29) is 17.9 Å². The Hall–Kier alpha value is -3.02. The normalized spacial score (nSPS) is 18.4. The van der Waals surface area contributed by atoms with Gasteiger partial charge in [-0.05, 0) is 55.5 Å². The Balaban J connectivity index is 1.45. The van der Waals surface area contributed by atoms with Gasteiger partial charge in [-0.25, -0.2) is 0 Å². The van der Waals surface area contributed by atoms with Crippen LogP contribution in [-0.2, 0) is 9.59 Å². The van der Waals surface area contributed by atoms with E-state index in [4.69, 9.17) is 4.74 Å². The quantitative estimate of drug-likeness (QED) is 0.691. The average Bonchev–Trinajstić information content (AvgIpc) is 2.85. The van der Waals surface area contributed by atoms with Gasteiger partial charge >= 0.3 is 0 Å². The zero-order valence-electron chi connectivity index (χ0n) is 19.1. The third-order valence-corrected chi connectivity index (χ3v) is 6.82. The minimum Gasteiger partial charge on any atom is -0.497 e. The van der Waals surface area contributed by atoms with Crippen molar-refractivity contribution in [2.24, 2.45) is 0 Å². The van der Waals surface area contributed by atoms with Crippen molar-refractivity contribution < 1.29 is 14.3 Å². The molecule has 170 valence electrons. The van der Waals surface area contributed by atoms with Gasteiger partial charge in [-0.1, -0.05) is 30.3 Å². The predicted octanol–water partition coefficient (Wildman–Crippen LogP) is 3.88. The number of likely N-dealkylation sites (N-methyl/N-ethyl adjacent to an activating group) is 1. The van der Waals surface area contributed by atoms with Gasteiger partial charge in [-0.15, -0.1) is 0 Å². The van der Waals surface area contributed by atoms with Crippen molar-refractivity contribution in [1.82, 2.24) is 9.80 Å². The fourth-order valence-electron chi connectivity index (χ4n) is 4.87. The summed E-state index contributed by atoms with van der Waals surface area (Å²) in [5, 5.41) is 0. The molecule has 2 amide bonds. The summed E-state index contributed by atoms with van der Waals surface area (Å²) in [5.41, 5.74) is 2.08. The molecular formula is C26H33N3O3. The predicted molar refractivity (Wildman–Crippen MR) is 126 cm³/mol. The van der Waals surface area contributed by atoms with Crippen LogP contribution in [0.25, 0.3) is 0 Å². The largest absolute Gasteiger partial charge is 0.497 e. The van der Waals surface area contributed by atoms with Gasteiger partial charge < -0.3 is 19.4 Å². The number of likely N-dealkylation sites (tertiary alicyclic amines) is 1. The number of hydrogen-bond donors (Lipinski definition) is 0. The zero-order valence-corrected chi connectivity index (χ0v) is 19.1. The second kappa shape index (κ2) is 10.1. The highest BCUT2D eigenvalue weighted by atomic mass is 16.5. The molecule has 2 heterocycles. The molecule has 2 fully saturated rings. The smallest absolute Gasteiger partial charge is 0.250 e. The summed E-state index contributed by atoms with van der Waals surface area (Å²) in [6.07, 6.45) is 4.20. The third-order valence-electron chi connectivity index (χ3n) is 6.82. The van der Waals surface area contributed by atoms with Gasteiger partial charge in [0.05, 0.1) is 7.11 Å². The van der Waals surface area contributed by atoms with E-state index in [1.807, 2.05) is 54.4 Å². The summed E-state index contributed by atoms with van der Waals surface area (Å²) in [6.45, 7) is 2.44. The van der Waals surface area contributed by atoms with Crippen molar-refractivity contribution in [2.45, 2.75) is 44.2 Å². The first-order valence-electron chi connectivity index (χ1n) is 11.6. The van der Waals surface area contributed by atoms with E-state index in [0.717, 1.165) is 50.1 Å². The van der Waals surface area contributed by atoms with Gasteiger partial charge in [0, 0.05) is 44.8 Å². The molecule has 0 bridgehead atoms. The Labute approximate surface area is 190 Å². The van der Waals surface area contributed by atoms with E-state index < -0.39 is 6.04 Å². The van der Waals surface area contributed by atoms with Crippen LogP contribution in [-0.4, -0.2) is 61.4 Å². The Kier molecular flexibility index (Phi) is 6.98. The Morgan fingerprint density at radius 3 is 2.31 bits per heavy atom. The van der Waals surface area contributed by atoms with Crippen LogP contribution in [0.5, 0.6) is 5.75 Å². The molecule has 1 atom stereocenters. The molecule has 2 aliphatic rings. The third kappa shape index (κ3) is 4.74. The molecule has 6 nitrogen and oxygen atoms in total. The monoisotopic (exact) mass is 435 g/mol. The number of anilines is 1. The number of amides is 2. The van der Waals surface area contributed by atoms with Crippen molar-refractivity contribution in [3.8, 4) is 5.75 Å². The summed E-state index contributed by atoms with van der Waals surface area (Å²) < 4.78 is 5.26. The summed E-state index contributed by atoms with van der Waals surface area (Å²) in [5.74, 6) is 0.962. The summed E-state index contributed by atoms with van der Waals surface area (Å²) in [6, 6.07) is 17.5. The number of carbonyl (C=O) groups is 2. The zero-order chi connectivity index (χ0) is 22.5. The first-order valence-corrected chi connectivity index (χ1v) is 11.6. The number of benzene rings is 2. The van der Waals surface area contributed by atoms with E-state index in [0.29, 0.717) is 13.0 Å². The van der Waals surface area contributed by atoms with Crippen molar-refractivity contribution >= 4 is 17.5 Å². The summed E-state index contributed by atoms with van der Waals surface area (Å²) in [4.78, 5) is 32.5. The second-order valence-electron chi connectivity index (χ2n) is 8.72. The van der Waals surface area contributed by atoms with Crippen molar-refractivity contribution in [3.05, 3.63) is 60.2 Å². The lowest BCUT2D eigenvalue weighted by molar-refractivity contribution is -0.148. The molecule has 0 N–H and O–H groups in total. The van der Waals surface area contributed by atoms with Gasteiger partial charge in [-0.3, -0.25) is 9.59 Å². The maximum Gasteiger partial charge on any atom is 0.250 e. The first kappa shape index (κ1) is 22.2. The van der Waals surface area contributed by atoms with Gasteiger partial charge in [-0.2, -0.15) is 0 Å². The van der Waals surface area contributed by atoms with E-state index in [1.54, 1.807) is 12.0 Å². The Morgan fingerprint density at radius 2 is 1.69 bits per heavy atom. The van der Waals surface area contributed by atoms with Crippen LogP contribution in [0.2, 0.25) is 0 Å². The molecule has 1 unspecified atom stereocenters. The molecule has 0 saturated carbocycles. The number of nitrogens with zero attached hydrogens (tertiary/aromatic N) is 3. The molecule has 2 saturated heterocycles. The Morgan fingerprint density at radius 1 is 1.00 bits per heavy atom. The van der Waals surface area contributed by atoms with Gasteiger partial charge in [0.1, 0.15) is 11.8 Å². The van der Waals surface area contributed by atoms with Crippen molar-refractivity contribution in [2.75, 3.05) is 38.7 Å². The van der Waals surface area contributed by atoms with E-state index in [9.17, 15) is 9.59 Å². The van der Waals surface area contributed by atoms with Crippen LogP contribution in [0.15, 0.2) is 54.6 Å². The molecule has 0 spiro atoms. The molecule has 2 aromatic carbocycles. The van der Waals surface area contributed by atoms with Crippen molar-refractivity contribution in [1.29, 1.82) is 0 Å². The van der Waals surface area contributed by atoms with Gasteiger partial charge in [0.15, 0.2) is 0 Å². The minimum absolute atomic E-state index is 0.0225. The highest BCUT2D eigenvalue weighted by molar-refractivity contribution is 5.89. The van der Waals surface area contributed by atoms with E-state index >= 15 is 0 Å². The van der Waals surface area contributed by atoms with Crippen LogP contribution in [0.3, 0.4) is 0 Å². The van der Waals surface area contributed by atoms with E-state index in [2.05, 4.69) is 17.0 Å². The lowest BCUT2D eigenvalue weighted by Crippen LogP contribution is -2.51. The van der Waals surface area contributed by atoms with Crippen LogP contribution in [0, 0.1) is 0 Å². The maximum atomic E-state index is 13.7. The van der Waals surface area contributed by atoms with Crippen LogP contribution in [0.4, 0.5) is 5.69 Å². The van der Waals surface area contributed by atoms with Gasteiger partial charge in [0.25, 0.3) is 0 Å². The summed E-state index contributed by atoms with van der Waals surface area (Å²) in [7, 11) is 3.58. The molecule has 0 aliphatic carbocycles. The standard InChI is InChI=1S/C26H33N3O3/c1-27(21-15-18-28(19-16-21)22-11-13-23(32-2)14-12-22)26(31)25(20-8-4-3-5-9-20)29-17-7-6-10-24(29)30/h3-5,8-9,11-14,21,25H,6-7,10,15-19H2,1-2H3. The average molecular weight is 436 g/mol. The highest BCUT2D eigenvalue weighted by Gasteiger charge is 2.36. The fourth-order valence-corrected chi connectivity index (χ4v) is 4.87. The molecule has 0 radical (unpaired) electrons. The number of methoxy groups -OCH3 is 1. The second-order valence-corrected chi connectivity index (χ2v) is 8.72.